The van der Waals surface area contributed by atoms with Crippen molar-refractivity contribution in [3.8, 4) is 0 Å². The average Bonchev–Trinajstić information content (AvgIpc) is 3.28. The van der Waals surface area contributed by atoms with E-state index in [4.69, 9.17) is 14.3 Å². The van der Waals surface area contributed by atoms with Crippen molar-refractivity contribution in [1.29, 1.82) is 0 Å². The van der Waals surface area contributed by atoms with Gasteiger partial charge in [-0.15, -0.1) is 0 Å². The van der Waals surface area contributed by atoms with E-state index in [1.54, 1.807) is 0 Å². The molecule has 6 rings (SSSR count). The summed E-state index contributed by atoms with van der Waals surface area (Å²) in [6.45, 7) is 6.21. The second kappa shape index (κ2) is 8.03. The summed E-state index contributed by atoms with van der Waals surface area (Å²) in [6.07, 6.45) is 1.79. The van der Waals surface area contributed by atoms with Gasteiger partial charge in [0, 0.05) is 55.1 Å². The Morgan fingerprint density at radius 2 is 2.00 bits per heavy atom. The summed E-state index contributed by atoms with van der Waals surface area (Å²) in [6, 6.07) is 7.74. The first-order chi connectivity index (χ1) is 15.7. The van der Waals surface area contributed by atoms with Gasteiger partial charge in [-0.3, -0.25) is 4.79 Å². The molecule has 8 heteroatoms. The molecular weight excluding hydrogens is 408 g/mol. The minimum absolute atomic E-state index is 0.0333. The second-order valence-electron chi connectivity index (χ2n) is 8.99. The highest BCUT2D eigenvalue weighted by Crippen LogP contribution is 2.48. The molecule has 3 unspecified atom stereocenters. The van der Waals surface area contributed by atoms with Gasteiger partial charge in [-0.2, -0.15) is 0 Å². The summed E-state index contributed by atoms with van der Waals surface area (Å²) in [5.74, 6) is -0.139. The van der Waals surface area contributed by atoms with E-state index in [-0.39, 0.29) is 23.9 Å². The van der Waals surface area contributed by atoms with Gasteiger partial charge in [-0.1, -0.05) is 29.4 Å². The van der Waals surface area contributed by atoms with Gasteiger partial charge in [0.15, 0.2) is 11.9 Å². The molecule has 0 bridgehead atoms. The van der Waals surface area contributed by atoms with Crippen LogP contribution in [0.25, 0.3) is 0 Å². The number of allylic oxidation sites excluding steroid dienone is 2. The van der Waals surface area contributed by atoms with Gasteiger partial charge in [0.05, 0.1) is 37.5 Å². The summed E-state index contributed by atoms with van der Waals surface area (Å²) in [4.78, 5) is 24.3. The number of ketones is 1. The zero-order valence-electron chi connectivity index (χ0n) is 18.3. The lowest BCUT2D eigenvalue weighted by Crippen LogP contribution is -2.48. The van der Waals surface area contributed by atoms with E-state index in [2.05, 4.69) is 33.4 Å². The molecule has 3 aliphatic heterocycles. The number of benzene rings is 1. The van der Waals surface area contributed by atoms with E-state index >= 15 is 0 Å². The van der Waals surface area contributed by atoms with Crippen molar-refractivity contribution >= 4 is 11.5 Å². The molecule has 0 saturated carbocycles. The number of likely N-dealkylation sites (N-methyl/N-ethyl adjacent to an activating group) is 1. The van der Waals surface area contributed by atoms with Crippen LogP contribution in [0.2, 0.25) is 0 Å². The molecule has 0 aromatic heterocycles. The summed E-state index contributed by atoms with van der Waals surface area (Å²) in [5, 5.41) is 8.06. The maximum atomic E-state index is 13.6. The van der Waals surface area contributed by atoms with Gasteiger partial charge in [0.2, 0.25) is 0 Å². The predicted octanol–water partition coefficient (Wildman–Crippen LogP) is 1.33. The molecule has 32 heavy (non-hydrogen) atoms. The first-order valence-corrected chi connectivity index (χ1v) is 11.4. The number of nitrogens with zero attached hydrogens (tertiary/aromatic N) is 3. The van der Waals surface area contributed by atoms with Crippen molar-refractivity contribution in [2.24, 2.45) is 11.1 Å². The fraction of sp³-hybridized carbons (Fsp3) is 0.500. The monoisotopic (exact) mass is 436 g/mol. The Kier molecular flexibility index (Phi) is 5.01. The number of Topliss-reactive ketones (excluding diaryl/α,β-unsaturated/α-hetero) is 1. The minimum atomic E-state index is -0.267. The lowest BCUT2D eigenvalue weighted by molar-refractivity contribution is -0.0856. The molecule has 5 aliphatic rings. The Morgan fingerprint density at radius 3 is 2.81 bits per heavy atom. The maximum Gasteiger partial charge on any atom is 0.192 e. The molecule has 1 N–H and O–H groups in total. The first kappa shape index (κ1) is 20.0. The number of piperazine rings is 1. The second-order valence-corrected chi connectivity index (χ2v) is 8.99. The fourth-order valence-electron chi connectivity index (χ4n) is 5.25. The maximum absolute atomic E-state index is 13.6. The van der Waals surface area contributed by atoms with Gasteiger partial charge in [0.1, 0.15) is 5.71 Å². The van der Waals surface area contributed by atoms with Crippen molar-refractivity contribution in [2.75, 3.05) is 59.6 Å². The molecule has 0 radical (unpaired) electrons. The van der Waals surface area contributed by atoms with Crippen molar-refractivity contribution in [3.63, 3.8) is 0 Å². The minimum Gasteiger partial charge on any atom is -0.386 e. The third-order valence-electron chi connectivity index (χ3n) is 7.01. The van der Waals surface area contributed by atoms with Gasteiger partial charge in [-0.05, 0) is 13.1 Å². The first-order valence-electron chi connectivity index (χ1n) is 11.4. The van der Waals surface area contributed by atoms with Crippen molar-refractivity contribution in [3.05, 3.63) is 58.4 Å². The Morgan fingerprint density at radius 1 is 1.16 bits per heavy atom. The number of hydrogen-bond acceptors (Lipinski definition) is 8. The summed E-state index contributed by atoms with van der Waals surface area (Å²) >= 11 is 0. The molecule has 3 heterocycles. The number of rotatable bonds is 4. The number of oxime groups is 1. The highest BCUT2D eigenvalue weighted by Gasteiger charge is 2.50. The SMILES string of the molecule is CN1CCN(C2=CC(NCC3COCCO3)=C3C(=O)c4ccccc4C4ON=C2C34)CC1. The third-order valence-corrected chi connectivity index (χ3v) is 7.01. The van der Waals surface area contributed by atoms with Crippen LogP contribution >= 0.6 is 0 Å². The van der Waals surface area contributed by atoms with E-state index in [1.807, 2.05) is 24.3 Å². The molecule has 2 fully saturated rings. The molecule has 2 aliphatic carbocycles. The van der Waals surface area contributed by atoms with E-state index in [0.717, 1.165) is 54.4 Å². The molecular formula is C24H28N4O4. The quantitative estimate of drug-likeness (QED) is 0.763. The van der Waals surface area contributed by atoms with Crippen LogP contribution in [0.1, 0.15) is 22.0 Å². The van der Waals surface area contributed by atoms with Crippen molar-refractivity contribution < 1.29 is 19.1 Å². The molecule has 0 amide bonds. The number of nitrogens with one attached hydrogen (secondary N) is 1. The number of carbonyl (C=O) groups is 1. The summed E-state index contributed by atoms with van der Waals surface area (Å²) < 4.78 is 11.4. The van der Waals surface area contributed by atoms with Crippen LogP contribution in [-0.4, -0.2) is 87.0 Å². The van der Waals surface area contributed by atoms with E-state index in [9.17, 15) is 4.79 Å². The molecule has 0 spiro atoms. The molecule has 1 aromatic carbocycles. The lowest BCUT2D eigenvalue weighted by Gasteiger charge is -2.39. The topological polar surface area (TPSA) is 75.6 Å². The van der Waals surface area contributed by atoms with Gasteiger partial charge in [-0.25, -0.2) is 0 Å². The highest BCUT2D eigenvalue weighted by atomic mass is 16.6. The average molecular weight is 437 g/mol. The van der Waals surface area contributed by atoms with Crippen LogP contribution in [0.15, 0.2) is 52.5 Å². The predicted molar refractivity (Wildman–Crippen MR) is 118 cm³/mol. The van der Waals surface area contributed by atoms with Crippen LogP contribution in [0, 0.1) is 5.92 Å². The highest BCUT2D eigenvalue weighted by molar-refractivity contribution is 6.20. The molecule has 2 saturated heterocycles. The van der Waals surface area contributed by atoms with Gasteiger partial charge < -0.3 is 29.4 Å². The van der Waals surface area contributed by atoms with Crippen LogP contribution in [-0.2, 0) is 14.3 Å². The zero-order chi connectivity index (χ0) is 21.7. The fourth-order valence-corrected chi connectivity index (χ4v) is 5.25. The van der Waals surface area contributed by atoms with Crippen LogP contribution in [0.3, 0.4) is 0 Å². The zero-order valence-corrected chi connectivity index (χ0v) is 18.3. The molecule has 8 nitrogen and oxygen atoms in total. The Hall–Kier alpha value is -2.68. The lowest BCUT2D eigenvalue weighted by atomic mass is 9.71. The smallest absolute Gasteiger partial charge is 0.192 e. The van der Waals surface area contributed by atoms with Gasteiger partial charge in [0.25, 0.3) is 0 Å². The summed E-state index contributed by atoms with van der Waals surface area (Å²) in [5.41, 5.74) is 5.16. The third kappa shape index (κ3) is 3.25. The van der Waals surface area contributed by atoms with Crippen LogP contribution < -0.4 is 5.32 Å². The molecule has 3 atom stereocenters. The Balaban J connectivity index is 1.40. The van der Waals surface area contributed by atoms with Crippen molar-refractivity contribution in [1.82, 2.24) is 15.1 Å². The van der Waals surface area contributed by atoms with Crippen LogP contribution in [0.5, 0.6) is 0 Å². The van der Waals surface area contributed by atoms with Crippen LogP contribution in [0.4, 0.5) is 0 Å². The van der Waals surface area contributed by atoms with E-state index < -0.39 is 0 Å². The molecule has 1 aromatic rings. The normalized spacial score (nSPS) is 29.7. The number of hydrogen-bond donors (Lipinski definition) is 1. The van der Waals surface area contributed by atoms with Crippen molar-refractivity contribution in [2.45, 2.75) is 12.2 Å². The Labute approximate surface area is 187 Å². The molecule has 168 valence electrons. The number of fused-ring (bicyclic) bond motifs is 2. The number of carbonyl (C=O) groups excluding carboxylic acids is 1. The Bertz CT molecular complexity index is 1020. The number of ether oxygens (including phenoxy) is 2. The largest absolute Gasteiger partial charge is 0.386 e. The van der Waals surface area contributed by atoms with E-state index in [1.165, 1.54) is 0 Å². The standard InChI is InChI=1S/C24H28N4O4/c1-27-6-8-28(9-7-27)19-12-18(25-13-15-14-30-10-11-31-15)20-21-22(19)26-32-24(21)17-5-3-2-4-16(17)23(20)29/h2-5,12,15,21,24-25H,6-11,13-14H2,1H3. The van der Waals surface area contributed by atoms with E-state index in [0.29, 0.717) is 31.9 Å². The summed E-state index contributed by atoms with van der Waals surface area (Å²) in [7, 11) is 2.15. The van der Waals surface area contributed by atoms with Gasteiger partial charge >= 0.3 is 0 Å².